The number of rotatable bonds is 7. The molecule has 0 spiro atoms. The second-order valence-corrected chi connectivity index (χ2v) is 7.79. The lowest BCUT2D eigenvalue weighted by Crippen LogP contribution is -2.52. The topological polar surface area (TPSA) is 54.0 Å². The molecular weight excluding hydrogens is 236 g/mol. The average Bonchev–Trinajstić information content (AvgIpc) is 2.28. The van der Waals surface area contributed by atoms with Crippen molar-refractivity contribution in [1.82, 2.24) is 0 Å². The zero-order valence-electron chi connectivity index (χ0n) is 9.73. The Balaban J connectivity index is 4.26. The molecule has 7 heteroatoms. The number of hydrogen-bond acceptors (Lipinski definition) is 6. The molecule has 0 fully saturated rings. The predicted molar refractivity (Wildman–Crippen MR) is 60.7 cm³/mol. The zero-order chi connectivity index (χ0) is 11.9. The second kappa shape index (κ2) is 7.23. The fourth-order valence-electron chi connectivity index (χ4n) is 1.10. The Labute approximate surface area is 95.8 Å². The summed E-state index contributed by atoms with van der Waals surface area (Å²) >= 11 is 1.40. The summed E-state index contributed by atoms with van der Waals surface area (Å²) in [6, 6.07) is 0. The third-order valence-corrected chi connectivity index (χ3v) is 7.00. The monoisotopic (exact) mass is 254 g/mol. The van der Waals surface area contributed by atoms with Gasteiger partial charge >= 0.3 is 14.8 Å². The summed E-state index contributed by atoms with van der Waals surface area (Å²) in [4.78, 5) is 10.9. The number of carbonyl (C=O) groups excluding carboxylic acids is 1. The van der Waals surface area contributed by atoms with Crippen molar-refractivity contribution in [2.24, 2.45) is 0 Å². The van der Waals surface area contributed by atoms with Gasteiger partial charge in [0, 0.05) is 21.3 Å². The normalized spacial score (nSPS) is 13.7. The van der Waals surface area contributed by atoms with Crippen LogP contribution in [-0.2, 0) is 22.8 Å². The summed E-state index contributed by atoms with van der Waals surface area (Å²) in [5.74, 6) is 0.000680. The number of methoxy groups -OCH3 is 1. The predicted octanol–water partition coefficient (Wildman–Crippen LogP) is 0.698. The minimum atomic E-state index is -2.65. The van der Waals surface area contributed by atoms with E-state index in [9.17, 15) is 4.79 Å². The molecule has 5 nitrogen and oxygen atoms in total. The van der Waals surface area contributed by atoms with Gasteiger partial charge in [0.25, 0.3) is 0 Å². The van der Waals surface area contributed by atoms with Gasteiger partial charge in [0.2, 0.25) is 0 Å². The van der Waals surface area contributed by atoms with Crippen molar-refractivity contribution < 1.29 is 22.8 Å². The Hall–Kier alpha value is -0.0831. The minimum Gasteiger partial charge on any atom is -0.468 e. The Bertz CT molecular complexity index is 189. The lowest BCUT2D eigenvalue weighted by Gasteiger charge is -2.29. The maximum absolute atomic E-state index is 11.0. The van der Waals surface area contributed by atoms with Gasteiger partial charge in [-0.15, -0.1) is 11.8 Å². The molecule has 0 radical (unpaired) electrons. The molecule has 0 aliphatic carbocycles. The van der Waals surface area contributed by atoms with E-state index in [0.29, 0.717) is 0 Å². The summed E-state index contributed by atoms with van der Waals surface area (Å²) in [5, 5.41) is 0. The van der Waals surface area contributed by atoms with Gasteiger partial charge in [-0.1, -0.05) is 0 Å². The first-order valence-corrected chi connectivity index (χ1v) is 7.25. The third-order valence-electron chi connectivity index (χ3n) is 2.03. The molecule has 0 aliphatic rings. The Morgan fingerprint density at radius 1 is 1.20 bits per heavy atom. The van der Waals surface area contributed by atoms with Crippen molar-refractivity contribution in [3.05, 3.63) is 0 Å². The minimum absolute atomic E-state index is 0.0170. The Morgan fingerprint density at radius 2 is 1.67 bits per heavy atom. The van der Waals surface area contributed by atoms with Crippen molar-refractivity contribution in [3.63, 3.8) is 0 Å². The van der Waals surface area contributed by atoms with Gasteiger partial charge in [0.05, 0.1) is 17.7 Å². The van der Waals surface area contributed by atoms with Crippen LogP contribution >= 0.6 is 11.8 Å². The van der Waals surface area contributed by atoms with E-state index < -0.39 is 8.80 Å². The first-order valence-electron chi connectivity index (χ1n) is 4.40. The molecule has 0 bridgehead atoms. The van der Waals surface area contributed by atoms with Crippen LogP contribution in [0.2, 0.25) is 0 Å². The second-order valence-electron chi connectivity index (χ2n) is 2.75. The van der Waals surface area contributed by atoms with Gasteiger partial charge in [-0.3, -0.25) is 4.79 Å². The van der Waals surface area contributed by atoms with Gasteiger partial charge in [-0.2, -0.15) is 0 Å². The summed E-state index contributed by atoms with van der Waals surface area (Å²) in [5.41, 5.74) is 0. The number of hydrogen-bond donors (Lipinski definition) is 0. The van der Waals surface area contributed by atoms with Crippen LogP contribution < -0.4 is 0 Å². The van der Waals surface area contributed by atoms with E-state index in [1.807, 2.05) is 6.92 Å². The molecule has 15 heavy (non-hydrogen) atoms. The van der Waals surface area contributed by atoms with Crippen LogP contribution in [0.3, 0.4) is 0 Å². The summed E-state index contributed by atoms with van der Waals surface area (Å²) in [6.07, 6.45) is 0. The molecule has 0 saturated heterocycles. The lowest BCUT2D eigenvalue weighted by atomic mass is 10.8. The number of thioether (sulfide) groups is 1. The van der Waals surface area contributed by atoms with E-state index in [1.54, 1.807) is 21.3 Å². The molecular formula is C8H18O5SSi. The van der Waals surface area contributed by atoms with Gasteiger partial charge in [-0.25, -0.2) is 0 Å². The van der Waals surface area contributed by atoms with Crippen LogP contribution in [0.5, 0.6) is 0 Å². The van der Waals surface area contributed by atoms with Crippen molar-refractivity contribution in [2.75, 3.05) is 34.2 Å². The fourth-order valence-corrected chi connectivity index (χ4v) is 5.03. The van der Waals surface area contributed by atoms with E-state index in [1.165, 1.54) is 18.9 Å². The molecule has 0 amide bonds. The molecule has 0 N–H and O–H groups in total. The van der Waals surface area contributed by atoms with Gasteiger partial charge in [0.1, 0.15) is 0 Å². The van der Waals surface area contributed by atoms with Gasteiger partial charge < -0.3 is 18.0 Å². The van der Waals surface area contributed by atoms with E-state index in [2.05, 4.69) is 4.74 Å². The van der Waals surface area contributed by atoms with E-state index >= 15 is 0 Å². The fraction of sp³-hybridized carbons (Fsp3) is 0.875. The van der Waals surface area contributed by atoms with Gasteiger partial charge in [-0.05, 0) is 6.92 Å². The molecule has 0 rings (SSSR count). The zero-order valence-corrected chi connectivity index (χ0v) is 11.6. The van der Waals surface area contributed by atoms with E-state index in [-0.39, 0.29) is 16.6 Å². The highest BCUT2D eigenvalue weighted by atomic mass is 32.2. The van der Waals surface area contributed by atoms with Gasteiger partial charge in [0.15, 0.2) is 0 Å². The number of ether oxygens (including phenoxy) is 1. The summed E-state index contributed by atoms with van der Waals surface area (Å²) < 4.78 is 20.4. The van der Waals surface area contributed by atoms with Crippen LogP contribution in [0.1, 0.15) is 6.92 Å². The Morgan fingerprint density at radius 3 is 2.00 bits per heavy atom. The van der Waals surface area contributed by atoms with Crippen molar-refractivity contribution in [1.29, 1.82) is 0 Å². The molecule has 1 atom stereocenters. The van der Waals surface area contributed by atoms with E-state index in [0.717, 1.165) is 0 Å². The van der Waals surface area contributed by atoms with Crippen molar-refractivity contribution in [3.8, 4) is 0 Å². The highest BCUT2D eigenvalue weighted by Gasteiger charge is 2.45. The SMILES string of the molecule is COC(=O)CSC(C)[Si](OC)(OC)OC. The summed E-state index contributed by atoms with van der Waals surface area (Å²) in [6.45, 7) is 1.91. The maximum Gasteiger partial charge on any atom is 0.513 e. The van der Waals surface area contributed by atoms with Crippen molar-refractivity contribution >= 4 is 26.5 Å². The molecule has 0 heterocycles. The maximum atomic E-state index is 11.0. The number of esters is 1. The molecule has 1 unspecified atom stereocenters. The standard InChI is InChI=1S/C8H18O5SSi/c1-7(14-6-8(9)10-2)15(11-3,12-4)13-5/h7H,6H2,1-5H3. The lowest BCUT2D eigenvalue weighted by molar-refractivity contribution is -0.137. The largest absolute Gasteiger partial charge is 0.513 e. The highest BCUT2D eigenvalue weighted by molar-refractivity contribution is 8.02. The van der Waals surface area contributed by atoms with Crippen LogP contribution in [0, 0.1) is 0 Å². The summed E-state index contributed by atoms with van der Waals surface area (Å²) in [7, 11) is 3.37. The quantitative estimate of drug-likeness (QED) is 0.492. The average molecular weight is 254 g/mol. The molecule has 0 aromatic carbocycles. The number of carbonyl (C=O) groups is 1. The van der Waals surface area contributed by atoms with E-state index in [4.69, 9.17) is 13.3 Å². The Kier molecular flexibility index (Phi) is 7.19. The highest BCUT2D eigenvalue weighted by Crippen LogP contribution is 2.23. The van der Waals surface area contributed by atoms with Crippen molar-refractivity contribution in [2.45, 2.75) is 11.8 Å². The molecule has 90 valence electrons. The van der Waals surface area contributed by atoms with Crippen LogP contribution in [0.4, 0.5) is 0 Å². The molecule has 0 aromatic heterocycles. The van der Waals surface area contributed by atoms with Crippen LogP contribution in [0.25, 0.3) is 0 Å². The smallest absolute Gasteiger partial charge is 0.468 e. The first-order chi connectivity index (χ1) is 7.06. The molecule has 0 aliphatic heterocycles. The first kappa shape index (κ1) is 14.9. The van der Waals surface area contributed by atoms with Crippen LogP contribution in [-0.4, -0.2) is 53.8 Å². The molecule has 0 aromatic rings. The van der Waals surface area contributed by atoms with Crippen LogP contribution in [0.15, 0.2) is 0 Å². The third kappa shape index (κ3) is 4.11. The molecule has 0 saturated carbocycles.